The van der Waals surface area contributed by atoms with Crippen LogP contribution in [0.1, 0.15) is 30.1 Å². The molecule has 2 aromatic rings. The van der Waals surface area contributed by atoms with Gasteiger partial charge in [0.15, 0.2) is 0 Å². The Morgan fingerprint density at radius 2 is 1.89 bits per heavy atom. The highest BCUT2D eigenvalue weighted by molar-refractivity contribution is 7.92. The zero-order valence-corrected chi connectivity index (χ0v) is 17.1. The Kier molecular flexibility index (Phi) is 6.36. The minimum absolute atomic E-state index is 0.0505. The van der Waals surface area contributed by atoms with Crippen molar-refractivity contribution < 1.29 is 17.9 Å². The average Bonchev–Trinajstić information content (AvgIpc) is 3.21. The molecule has 1 aliphatic rings. The van der Waals surface area contributed by atoms with Crippen molar-refractivity contribution in [1.29, 1.82) is 0 Å². The predicted molar refractivity (Wildman–Crippen MR) is 109 cm³/mol. The van der Waals surface area contributed by atoms with Crippen LogP contribution in [0.3, 0.4) is 0 Å². The summed E-state index contributed by atoms with van der Waals surface area (Å²) in [6, 6.07) is 15.2. The van der Waals surface area contributed by atoms with Gasteiger partial charge in [-0.1, -0.05) is 24.3 Å². The third kappa shape index (κ3) is 4.36. The molecule has 1 atom stereocenters. The lowest BCUT2D eigenvalue weighted by molar-refractivity contribution is 0.0587. The fourth-order valence-electron chi connectivity index (χ4n) is 3.40. The fourth-order valence-corrected chi connectivity index (χ4v) is 4.92. The number of hydrogen-bond acceptors (Lipinski definition) is 4. The highest BCUT2D eigenvalue weighted by atomic mass is 32.2. The van der Waals surface area contributed by atoms with Gasteiger partial charge in [-0.15, -0.1) is 0 Å². The van der Waals surface area contributed by atoms with Crippen LogP contribution in [0, 0.1) is 0 Å². The van der Waals surface area contributed by atoms with Gasteiger partial charge in [0.2, 0.25) is 0 Å². The molecule has 0 saturated carbocycles. The Bertz CT molecular complexity index is 909. The third-order valence-corrected chi connectivity index (χ3v) is 6.75. The molecule has 28 heavy (non-hydrogen) atoms. The molecule has 1 fully saturated rings. The molecule has 0 spiro atoms. The van der Waals surface area contributed by atoms with Crippen LogP contribution in [0.15, 0.2) is 59.5 Å². The quantitative estimate of drug-likeness (QED) is 0.714. The van der Waals surface area contributed by atoms with Gasteiger partial charge >= 0.3 is 0 Å². The lowest BCUT2D eigenvalue weighted by atomic mass is 10.2. The van der Waals surface area contributed by atoms with E-state index in [1.807, 2.05) is 6.07 Å². The second-order valence-corrected chi connectivity index (χ2v) is 8.72. The molecule has 0 aromatic heterocycles. The smallest absolute Gasteiger partial charge is 0.264 e. The maximum absolute atomic E-state index is 13.2. The summed E-state index contributed by atoms with van der Waals surface area (Å²) in [6.45, 7) is 3.31. The van der Waals surface area contributed by atoms with Crippen LogP contribution in [0.4, 0.5) is 5.69 Å². The number of amides is 1. The molecular formula is C21H26N2O4S. The molecule has 1 saturated heterocycles. The van der Waals surface area contributed by atoms with E-state index in [2.05, 4.69) is 0 Å². The summed E-state index contributed by atoms with van der Waals surface area (Å²) in [6.07, 6.45) is 2.00. The van der Waals surface area contributed by atoms with E-state index in [4.69, 9.17) is 4.74 Å². The highest BCUT2D eigenvalue weighted by Crippen LogP contribution is 2.24. The summed E-state index contributed by atoms with van der Waals surface area (Å²) in [5, 5.41) is 0. The van der Waals surface area contributed by atoms with Crippen LogP contribution in [0.2, 0.25) is 0 Å². The second-order valence-electron chi connectivity index (χ2n) is 6.85. The van der Waals surface area contributed by atoms with Crippen LogP contribution in [0.25, 0.3) is 0 Å². The Morgan fingerprint density at radius 1 is 1.14 bits per heavy atom. The monoisotopic (exact) mass is 402 g/mol. The van der Waals surface area contributed by atoms with Crippen molar-refractivity contribution in [2.24, 2.45) is 0 Å². The Labute approximate surface area is 166 Å². The summed E-state index contributed by atoms with van der Waals surface area (Å²) in [5.41, 5.74) is 0.947. The minimum atomic E-state index is -3.77. The second kappa shape index (κ2) is 8.75. The summed E-state index contributed by atoms with van der Waals surface area (Å²) in [4.78, 5) is 14.5. The molecule has 6 nitrogen and oxygen atoms in total. The number of carbonyl (C=O) groups is 1. The molecule has 150 valence electrons. The molecular weight excluding hydrogens is 376 g/mol. The van der Waals surface area contributed by atoms with Crippen molar-refractivity contribution in [3.05, 3.63) is 60.2 Å². The first-order chi connectivity index (χ1) is 13.4. The topological polar surface area (TPSA) is 66.9 Å². The third-order valence-electron chi connectivity index (χ3n) is 4.85. The fraction of sp³-hybridized carbons (Fsp3) is 0.381. The van der Waals surface area contributed by atoms with Crippen LogP contribution in [0.5, 0.6) is 0 Å². The number of carbonyl (C=O) groups excluding carboxylic acids is 1. The van der Waals surface area contributed by atoms with Gasteiger partial charge in [0, 0.05) is 32.3 Å². The highest BCUT2D eigenvalue weighted by Gasteiger charge is 2.26. The van der Waals surface area contributed by atoms with E-state index in [9.17, 15) is 13.2 Å². The summed E-state index contributed by atoms with van der Waals surface area (Å²) in [5.74, 6) is -0.213. The molecule has 0 radical (unpaired) electrons. The van der Waals surface area contributed by atoms with Gasteiger partial charge in [-0.2, -0.15) is 0 Å². The van der Waals surface area contributed by atoms with Gasteiger partial charge < -0.3 is 9.64 Å². The van der Waals surface area contributed by atoms with E-state index in [1.54, 1.807) is 55.3 Å². The minimum Gasteiger partial charge on any atom is -0.376 e. The first kappa shape index (κ1) is 20.4. The number of benzene rings is 2. The van der Waals surface area contributed by atoms with Gasteiger partial charge in [0.25, 0.3) is 15.9 Å². The number of likely N-dealkylation sites (N-methyl/N-ethyl adjacent to an activating group) is 1. The van der Waals surface area contributed by atoms with Gasteiger partial charge in [0.05, 0.1) is 16.7 Å². The van der Waals surface area contributed by atoms with Gasteiger partial charge in [0.1, 0.15) is 0 Å². The van der Waals surface area contributed by atoms with Crippen LogP contribution >= 0.6 is 0 Å². The average molecular weight is 403 g/mol. The van der Waals surface area contributed by atoms with E-state index < -0.39 is 10.0 Å². The zero-order chi connectivity index (χ0) is 20.1. The number of anilines is 1. The Morgan fingerprint density at radius 3 is 2.54 bits per heavy atom. The van der Waals surface area contributed by atoms with Crippen molar-refractivity contribution in [1.82, 2.24) is 4.90 Å². The molecule has 0 aliphatic carbocycles. The van der Waals surface area contributed by atoms with Gasteiger partial charge in [-0.05, 0) is 50.1 Å². The van der Waals surface area contributed by atoms with Crippen molar-refractivity contribution in [2.75, 3.05) is 31.0 Å². The van der Waals surface area contributed by atoms with Gasteiger partial charge in [-0.25, -0.2) is 8.42 Å². The molecule has 1 amide bonds. The van der Waals surface area contributed by atoms with E-state index in [0.29, 0.717) is 24.3 Å². The van der Waals surface area contributed by atoms with Crippen molar-refractivity contribution in [3.63, 3.8) is 0 Å². The van der Waals surface area contributed by atoms with E-state index in [1.165, 1.54) is 16.4 Å². The van der Waals surface area contributed by atoms with Crippen molar-refractivity contribution in [2.45, 2.75) is 30.8 Å². The van der Waals surface area contributed by atoms with E-state index in [0.717, 1.165) is 19.4 Å². The standard InChI is InChI=1S/C21H26N2O4S/c1-3-23(18-10-5-4-6-11-18)28(25,26)20-13-7-9-17(15-20)21(24)22(2)16-19-12-8-14-27-19/h4-7,9-11,13,15,19H,3,8,12,14,16H2,1-2H3. The Balaban J connectivity index is 1.84. The van der Waals surface area contributed by atoms with Crippen molar-refractivity contribution in [3.8, 4) is 0 Å². The molecule has 1 aliphatic heterocycles. The lowest BCUT2D eigenvalue weighted by Crippen LogP contribution is -2.34. The molecule has 3 rings (SSSR count). The molecule has 0 bridgehead atoms. The first-order valence-electron chi connectivity index (χ1n) is 9.48. The zero-order valence-electron chi connectivity index (χ0n) is 16.2. The maximum Gasteiger partial charge on any atom is 0.264 e. The maximum atomic E-state index is 13.2. The summed E-state index contributed by atoms with van der Waals surface area (Å²) < 4.78 is 33.3. The molecule has 1 unspecified atom stereocenters. The molecule has 0 N–H and O–H groups in total. The molecule has 1 heterocycles. The molecule has 2 aromatic carbocycles. The Hall–Kier alpha value is -2.38. The number of sulfonamides is 1. The van der Waals surface area contributed by atoms with Crippen molar-refractivity contribution >= 4 is 21.6 Å². The van der Waals surface area contributed by atoms with Crippen LogP contribution in [-0.4, -0.2) is 52.1 Å². The largest absolute Gasteiger partial charge is 0.376 e. The molecule has 7 heteroatoms. The summed E-state index contributed by atoms with van der Waals surface area (Å²) >= 11 is 0. The number of para-hydroxylation sites is 1. The normalized spacial score (nSPS) is 16.7. The van der Waals surface area contributed by atoms with Crippen LogP contribution < -0.4 is 4.31 Å². The number of nitrogens with zero attached hydrogens (tertiary/aromatic N) is 2. The van der Waals surface area contributed by atoms with E-state index >= 15 is 0 Å². The number of hydrogen-bond donors (Lipinski definition) is 0. The summed E-state index contributed by atoms with van der Waals surface area (Å²) in [7, 11) is -2.05. The first-order valence-corrected chi connectivity index (χ1v) is 10.9. The number of rotatable bonds is 7. The van der Waals surface area contributed by atoms with Crippen LogP contribution in [-0.2, 0) is 14.8 Å². The van der Waals surface area contributed by atoms with Gasteiger partial charge in [-0.3, -0.25) is 9.10 Å². The lowest BCUT2D eigenvalue weighted by Gasteiger charge is -2.24. The number of ether oxygens (including phenoxy) is 1. The SMILES string of the molecule is CCN(c1ccccc1)S(=O)(=O)c1cccc(C(=O)N(C)CC2CCCO2)c1. The predicted octanol–water partition coefficient (Wildman–Crippen LogP) is 3.15. The van der Waals surface area contributed by atoms with E-state index in [-0.39, 0.29) is 16.9 Å².